The van der Waals surface area contributed by atoms with Crippen LogP contribution in [-0.2, 0) is 37.0 Å². The maximum absolute atomic E-state index is 12.5. The van der Waals surface area contributed by atoms with Gasteiger partial charge in [0.15, 0.2) is 5.73 Å². The van der Waals surface area contributed by atoms with Crippen molar-refractivity contribution in [3.63, 3.8) is 0 Å². The van der Waals surface area contributed by atoms with Gasteiger partial charge in [0, 0.05) is 25.4 Å². The van der Waals surface area contributed by atoms with Crippen LogP contribution in [0.5, 0.6) is 0 Å². The number of rotatable bonds is 22. The summed E-state index contributed by atoms with van der Waals surface area (Å²) in [6.45, 7) is 20.5. The van der Waals surface area contributed by atoms with Crippen LogP contribution in [0.1, 0.15) is 100 Å². The Morgan fingerprint density at radius 1 is 0.735 bits per heavy atom. The van der Waals surface area contributed by atoms with Gasteiger partial charge in [-0.1, -0.05) is 53.5 Å². The van der Waals surface area contributed by atoms with Gasteiger partial charge in [0.05, 0.1) is 0 Å². The molecule has 202 valence electrons. The number of esters is 1. The zero-order valence-electron chi connectivity index (χ0n) is 22.9. The molecule has 0 N–H and O–H groups in total. The molecule has 9 heteroatoms. The van der Waals surface area contributed by atoms with Crippen molar-refractivity contribution in [1.29, 1.82) is 0 Å². The Balaban J connectivity index is 5.98. The summed E-state index contributed by atoms with van der Waals surface area (Å²) in [5.74, 6) is -0.529. The van der Waals surface area contributed by atoms with Gasteiger partial charge >= 0.3 is 14.8 Å². The molecule has 0 spiro atoms. The summed E-state index contributed by atoms with van der Waals surface area (Å²) in [5.41, 5.74) is -0.503. The molecular weight excluding hydrogens is 456 g/mol. The summed E-state index contributed by atoms with van der Waals surface area (Å²) in [6, 6.07) is 0. The van der Waals surface area contributed by atoms with Gasteiger partial charge in [-0.2, -0.15) is 0 Å². The van der Waals surface area contributed by atoms with E-state index in [1.54, 1.807) is 27.7 Å². The molecule has 0 aromatic carbocycles. The second kappa shape index (κ2) is 19.4. The topological polar surface area (TPSA) is 81.7 Å². The smallest absolute Gasteiger partial charge is 0.454 e. The second-order valence-electron chi connectivity index (χ2n) is 8.42. The van der Waals surface area contributed by atoms with Crippen molar-refractivity contribution in [2.24, 2.45) is 0 Å². The fourth-order valence-electron chi connectivity index (χ4n) is 2.92. The van der Waals surface area contributed by atoms with E-state index in [-0.39, 0.29) is 5.57 Å². The van der Waals surface area contributed by atoms with Gasteiger partial charge in [-0.3, -0.25) is 0 Å². The standard InChI is InChI=1S/C25H50O8Si/c1-10-14-17-27-21(7)31-34(32-22(8)28-18-15-11-2,33-23(9)29-19-16-12-3)24(13-4)30-25(26)20(5)6/h21-24H,5,10-19H2,1-4,6-9H3. The zero-order valence-corrected chi connectivity index (χ0v) is 23.9. The predicted molar refractivity (Wildman–Crippen MR) is 135 cm³/mol. The third-order valence-corrected chi connectivity index (χ3v) is 8.20. The molecule has 34 heavy (non-hydrogen) atoms. The Morgan fingerprint density at radius 2 is 1.09 bits per heavy atom. The van der Waals surface area contributed by atoms with Crippen LogP contribution in [0.25, 0.3) is 0 Å². The summed E-state index contributed by atoms with van der Waals surface area (Å²) < 4.78 is 42.5. The van der Waals surface area contributed by atoms with E-state index in [1.165, 1.54) is 0 Å². The highest BCUT2D eigenvalue weighted by molar-refractivity contribution is 6.62. The first-order valence-corrected chi connectivity index (χ1v) is 14.7. The number of hydrogen-bond donors (Lipinski definition) is 0. The van der Waals surface area contributed by atoms with Crippen LogP contribution in [0.3, 0.4) is 0 Å². The summed E-state index contributed by atoms with van der Waals surface area (Å²) in [7, 11) is -3.76. The third-order valence-electron chi connectivity index (χ3n) is 4.90. The maximum atomic E-state index is 12.5. The van der Waals surface area contributed by atoms with E-state index < -0.39 is 39.4 Å². The molecule has 8 nitrogen and oxygen atoms in total. The van der Waals surface area contributed by atoms with Gasteiger partial charge in [0.1, 0.15) is 18.9 Å². The fraction of sp³-hybridized carbons (Fsp3) is 0.880. The van der Waals surface area contributed by atoms with E-state index in [2.05, 4.69) is 27.4 Å². The molecule has 0 amide bonds. The Labute approximate surface area is 209 Å². The molecule has 0 saturated heterocycles. The minimum absolute atomic E-state index is 0.285. The van der Waals surface area contributed by atoms with Crippen molar-refractivity contribution in [2.45, 2.75) is 125 Å². The van der Waals surface area contributed by atoms with Crippen molar-refractivity contribution < 1.29 is 37.0 Å². The van der Waals surface area contributed by atoms with Crippen LogP contribution in [-0.4, -0.2) is 59.2 Å². The number of carbonyl (C=O) groups is 1. The number of hydrogen-bond acceptors (Lipinski definition) is 8. The molecule has 0 fully saturated rings. The first-order valence-electron chi connectivity index (χ1n) is 12.9. The van der Waals surface area contributed by atoms with Crippen molar-refractivity contribution in [3.05, 3.63) is 12.2 Å². The molecule has 0 aliphatic rings. The SMILES string of the molecule is C=C(C)C(=O)OC(CC)[Si](OC(C)OCCCC)(OC(C)OCCCC)OC(C)OCCCC. The van der Waals surface area contributed by atoms with Crippen molar-refractivity contribution in [2.75, 3.05) is 19.8 Å². The minimum Gasteiger partial charge on any atom is -0.454 e. The second-order valence-corrected chi connectivity index (χ2v) is 11.0. The van der Waals surface area contributed by atoms with E-state index in [0.717, 1.165) is 38.5 Å². The highest BCUT2D eigenvalue weighted by Crippen LogP contribution is 2.27. The van der Waals surface area contributed by atoms with Gasteiger partial charge in [0.2, 0.25) is 0 Å². The molecular formula is C25H50O8Si. The van der Waals surface area contributed by atoms with Crippen LogP contribution >= 0.6 is 0 Å². The van der Waals surface area contributed by atoms with Gasteiger partial charge in [-0.15, -0.1) is 0 Å². The Bertz CT molecular complexity index is 499. The first-order chi connectivity index (χ1) is 16.1. The third kappa shape index (κ3) is 13.9. The molecule has 0 saturated carbocycles. The Hall–Kier alpha value is -0.813. The average molecular weight is 507 g/mol. The van der Waals surface area contributed by atoms with Crippen LogP contribution in [0.4, 0.5) is 0 Å². The highest BCUT2D eigenvalue weighted by Gasteiger charge is 2.56. The van der Waals surface area contributed by atoms with Gasteiger partial charge < -0.3 is 32.2 Å². The summed E-state index contributed by atoms with van der Waals surface area (Å²) in [4.78, 5) is 12.5. The average Bonchev–Trinajstić information content (AvgIpc) is 2.77. The normalized spacial score (nSPS) is 16.9. The molecule has 0 bridgehead atoms. The lowest BCUT2D eigenvalue weighted by molar-refractivity contribution is -0.194. The Kier molecular flexibility index (Phi) is 18.9. The summed E-state index contributed by atoms with van der Waals surface area (Å²) >= 11 is 0. The van der Waals surface area contributed by atoms with Crippen molar-refractivity contribution in [1.82, 2.24) is 0 Å². The summed E-state index contributed by atoms with van der Waals surface area (Å²) in [5, 5.41) is 0. The van der Waals surface area contributed by atoms with Crippen LogP contribution in [0.2, 0.25) is 0 Å². The van der Waals surface area contributed by atoms with Crippen molar-refractivity contribution in [3.8, 4) is 0 Å². The molecule has 0 radical (unpaired) electrons. The lowest BCUT2D eigenvalue weighted by Crippen LogP contribution is -2.62. The molecule has 0 aromatic rings. The fourth-order valence-corrected chi connectivity index (χ4v) is 5.89. The number of ether oxygens (including phenoxy) is 4. The quantitative estimate of drug-likeness (QED) is 0.0590. The van der Waals surface area contributed by atoms with Gasteiger partial charge in [-0.25, -0.2) is 4.79 Å². The maximum Gasteiger partial charge on any atom is 0.549 e. The van der Waals surface area contributed by atoms with Crippen molar-refractivity contribution >= 4 is 14.8 Å². The van der Waals surface area contributed by atoms with E-state index in [9.17, 15) is 4.79 Å². The van der Waals surface area contributed by atoms with E-state index in [4.69, 9.17) is 32.2 Å². The van der Waals surface area contributed by atoms with Crippen LogP contribution in [0, 0.1) is 0 Å². The summed E-state index contributed by atoms with van der Waals surface area (Å²) in [6.07, 6.45) is 4.21. The first kappa shape index (κ1) is 33.2. The number of carbonyl (C=O) groups excluding carboxylic acids is 1. The van der Waals surface area contributed by atoms with E-state index >= 15 is 0 Å². The lowest BCUT2D eigenvalue weighted by Gasteiger charge is -2.39. The molecule has 0 rings (SSSR count). The van der Waals surface area contributed by atoms with E-state index in [0.29, 0.717) is 26.2 Å². The number of unbranched alkanes of at least 4 members (excludes halogenated alkanes) is 3. The molecule has 0 aliphatic heterocycles. The minimum atomic E-state index is -3.76. The largest absolute Gasteiger partial charge is 0.549 e. The predicted octanol–water partition coefficient (Wildman–Crippen LogP) is 5.90. The molecule has 4 atom stereocenters. The molecule has 0 heterocycles. The van der Waals surface area contributed by atoms with Crippen LogP contribution < -0.4 is 0 Å². The van der Waals surface area contributed by atoms with Gasteiger partial charge in [-0.05, 0) is 53.4 Å². The van der Waals surface area contributed by atoms with Crippen LogP contribution in [0.15, 0.2) is 12.2 Å². The zero-order chi connectivity index (χ0) is 26.0. The monoisotopic (exact) mass is 506 g/mol. The van der Waals surface area contributed by atoms with Gasteiger partial charge in [0.25, 0.3) is 0 Å². The Morgan fingerprint density at radius 3 is 1.35 bits per heavy atom. The lowest BCUT2D eigenvalue weighted by atomic mass is 10.4. The molecule has 0 aromatic heterocycles. The highest BCUT2D eigenvalue weighted by atomic mass is 28.4. The van der Waals surface area contributed by atoms with E-state index in [1.807, 2.05) is 6.92 Å². The molecule has 4 unspecified atom stereocenters. The molecule has 0 aliphatic carbocycles.